The van der Waals surface area contributed by atoms with Gasteiger partial charge in [-0.2, -0.15) is 0 Å². The molecule has 0 radical (unpaired) electrons. The number of carboxylic acid groups (broad SMARTS) is 1. The van der Waals surface area contributed by atoms with Crippen LogP contribution in [0.15, 0.2) is 23.8 Å². The molecule has 0 saturated heterocycles. The Labute approximate surface area is 99.0 Å². The molecule has 0 spiro atoms. The van der Waals surface area contributed by atoms with E-state index in [2.05, 4.69) is 11.3 Å². The minimum absolute atomic E-state index is 0.0326. The summed E-state index contributed by atoms with van der Waals surface area (Å²) >= 11 is 5.15. The highest BCUT2D eigenvalue weighted by Gasteiger charge is 1.98. The molecule has 0 aromatic carbocycles. The molecule has 0 aromatic heterocycles. The van der Waals surface area contributed by atoms with Gasteiger partial charge in [-0.15, -0.1) is 0 Å². The molecule has 0 aliphatic rings. The molecule has 92 valence electrons. The van der Waals surface area contributed by atoms with Crippen molar-refractivity contribution in [3.63, 3.8) is 0 Å². The van der Waals surface area contributed by atoms with Gasteiger partial charge < -0.3 is 14.9 Å². The second-order valence-electron chi connectivity index (χ2n) is 2.75. The first-order valence-electron chi connectivity index (χ1n) is 4.33. The highest BCUT2D eigenvalue weighted by Crippen LogP contribution is 1.95. The van der Waals surface area contributed by atoms with E-state index in [1.165, 1.54) is 13.8 Å². The fourth-order valence-corrected chi connectivity index (χ4v) is 0.525. The SMILES string of the molecule is C=CC(=O)OCC(C)O.CC(Cl)=CC(=O)O. The lowest BCUT2D eigenvalue weighted by atomic mass is 10.4. The Morgan fingerprint density at radius 1 is 1.56 bits per heavy atom. The Kier molecular flexibility index (Phi) is 10.9. The molecule has 6 heteroatoms. The van der Waals surface area contributed by atoms with Crippen LogP contribution in [0, 0.1) is 0 Å². The van der Waals surface area contributed by atoms with Crippen molar-refractivity contribution < 1.29 is 24.5 Å². The number of ether oxygens (including phenoxy) is 1. The van der Waals surface area contributed by atoms with Crippen LogP contribution in [0.4, 0.5) is 0 Å². The van der Waals surface area contributed by atoms with E-state index in [1.54, 1.807) is 0 Å². The van der Waals surface area contributed by atoms with E-state index >= 15 is 0 Å². The van der Waals surface area contributed by atoms with E-state index in [1.807, 2.05) is 0 Å². The lowest BCUT2D eigenvalue weighted by molar-refractivity contribution is -0.140. The number of rotatable bonds is 4. The van der Waals surface area contributed by atoms with Crippen molar-refractivity contribution in [1.82, 2.24) is 0 Å². The summed E-state index contributed by atoms with van der Waals surface area (Å²) in [6.07, 6.45) is 1.39. The normalized spacial score (nSPS) is 11.9. The third-order valence-electron chi connectivity index (χ3n) is 0.956. The second-order valence-corrected chi connectivity index (χ2v) is 3.35. The molecule has 1 atom stereocenters. The van der Waals surface area contributed by atoms with Gasteiger partial charge in [0.15, 0.2) is 0 Å². The molecule has 1 unspecified atom stereocenters. The Bertz CT molecular complexity index is 266. The van der Waals surface area contributed by atoms with Crippen molar-refractivity contribution in [3.05, 3.63) is 23.8 Å². The predicted molar refractivity (Wildman–Crippen MR) is 60.1 cm³/mol. The van der Waals surface area contributed by atoms with Gasteiger partial charge in [-0.25, -0.2) is 9.59 Å². The Morgan fingerprint density at radius 3 is 2.25 bits per heavy atom. The first-order chi connectivity index (χ1) is 7.29. The third kappa shape index (κ3) is 18.5. The van der Waals surface area contributed by atoms with Crippen molar-refractivity contribution in [2.45, 2.75) is 20.0 Å². The van der Waals surface area contributed by atoms with Gasteiger partial charge in [0.05, 0.1) is 6.10 Å². The van der Waals surface area contributed by atoms with Crippen molar-refractivity contribution in [2.24, 2.45) is 0 Å². The number of hydrogen-bond donors (Lipinski definition) is 2. The summed E-state index contributed by atoms with van der Waals surface area (Å²) in [4.78, 5) is 19.9. The van der Waals surface area contributed by atoms with Crippen LogP contribution in [0.3, 0.4) is 0 Å². The van der Waals surface area contributed by atoms with Gasteiger partial charge in [-0.05, 0) is 13.8 Å². The summed E-state index contributed by atoms with van der Waals surface area (Å²) in [5.74, 6) is -1.51. The molecule has 2 N–H and O–H groups in total. The molecule has 0 aromatic rings. The van der Waals surface area contributed by atoms with E-state index in [0.29, 0.717) is 0 Å². The Morgan fingerprint density at radius 2 is 2.06 bits per heavy atom. The van der Waals surface area contributed by atoms with E-state index < -0.39 is 18.0 Å². The van der Waals surface area contributed by atoms with Crippen LogP contribution in [0.5, 0.6) is 0 Å². The highest BCUT2D eigenvalue weighted by atomic mass is 35.5. The average molecular weight is 251 g/mol. The van der Waals surface area contributed by atoms with Crippen LogP contribution in [-0.2, 0) is 14.3 Å². The summed E-state index contributed by atoms with van der Waals surface area (Å²) in [7, 11) is 0. The van der Waals surface area contributed by atoms with Gasteiger partial charge in [0.2, 0.25) is 0 Å². The van der Waals surface area contributed by atoms with E-state index in [-0.39, 0.29) is 11.6 Å². The highest BCUT2D eigenvalue weighted by molar-refractivity contribution is 6.30. The van der Waals surface area contributed by atoms with Crippen LogP contribution in [0.2, 0.25) is 0 Å². The fourth-order valence-electron chi connectivity index (χ4n) is 0.432. The maximum atomic E-state index is 10.3. The number of halogens is 1. The quantitative estimate of drug-likeness (QED) is 0.581. The summed E-state index contributed by atoms with van der Waals surface area (Å²) in [6, 6.07) is 0. The molecule has 0 bridgehead atoms. The van der Waals surface area contributed by atoms with Crippen LogP contribution in [-0.4, -0.2) is 34.9 Å². The van der Waals surface area contributed by atoms with Crippen molar-refractivity contribution >= 4 is 23.5 Å². The first-order valence-corrected chi connectivity index (χ1v) is 4.71. The molecule has 0 saturated carbocycles. The second kappa shape index (κ2) is 10.2. The van der Waals surface area contributed by atoms with Crippen LogP contribution < -0.4 is 0 Å². The van der Waals surface area contributed by atoms with Crippen LogP contribution >= 0.6 is 11.6 Å². The van der Waals surface area contributed by atoms with Gasteiger partial charge in [-0.3, -0.25) is 0 Å². The molecule has 0 aliphatic carbocycles. The van der Waals surface area contributed by atoms with Crippen LogP contribution in [0.25, 0.3) is 0 Å². The number of carbonyl (C=O) groups is 2. The summed E-state index contributed by atoms with van der Waals surface area (Å²) in [5, 5.41) is 16.8. The summed E-state index contributed by atoms with van der Waals surface area (Å²) in [6.45, 7) is 6.26. The third-order valence-corrected chi connectivity index (χ3v) is 1.06. The molecule has 5 nitrogen and oxygen atoms in total. The van der Waals surface area contributed by atoms with Gasteiger partial charge in [0.25, 0.3) is 0 Å². The topological polar surface area (TPSA) is 83.8 Å². The number of esters is 1. The number of hydrogen-bond acceptors (Lipinski definition) is 4. The number of allylic oxidation sites excluding steroid dienone is 1. The zero-order valence-electron chi connectivity index (χ0n) is 9.14. The summed E-state index contributed by atoms with van der Waals surface area (Å²) in [5.41, 5.74) is 0. The molecule has 0 rings (SSSR count). The van der Waals surface area contributed by atoms with Crippen molar-refractivity contribution in [2.75, 3.05) is 6.61 Å². The van der Waals surface area contributed by atoms with E-state index in [9.17, 15) is 9.59 Å². The summed E-state index contributed by atoms with van der Waals surface area (Å²) < 4.78 is 4.45. The van der Waals surface area contributed by atoms with E-state index in [4.69, 9.17) is 21.8 Å². The number of carboxylic acids is 1. The monoisotopic (exact) mass is 250 g/mol. The minimum atomic E-state index is -1.01. The molecule has 16 heavy (non-hydrogen) atoms. The molecular weight excluding hydrogens is 236 g/mol. The molecular formula is C10H15ClO5. The Hall–Kier alpha value is -1.33. The smallest absolute Gasteiger partial charge is 0.330 e. The number of aliphatic hydroxyl groups is 1. The van der Waals surface area contributed by atoms with Crippen LogP contribution in [0.1, 0.15) is 13.8 Å². The minimum Gasteiger partial charge on any atom is -0.478 e. The van der Waals surface area contributed by atoms with Gasteiger partial charge in [0, 0.05) is 17.2 Å². The van der Waals surface area contributed by atoms with Gasteiger partial charge in [0.1, 0.15) is 6.61 Å². The number of aliphatic hydroxyl groups excluding tert-OH is 1. The number of carbonyl (C=O) groups excluding carboxylic acids is 1. The zero-order chi connectivity index (χ0) is 13.1. The maximum Gasteiger partial charge on any atom is 0.330 e. The molecule has 0 fully saturated rings. The largest absolute Gasteiger partial charge is 0.478 e. The lowest BCUT2D eigenvalue weighted by Gasteiger charge is -2.02. The van der Waals surface area contributed by atoms with Gasteiger partial charge in [-0.1, -0.05) is 18.2 Å². The standard InChI is InChI=1S/C6H10O3.C4H5ClO2/c1-3-6(8)9-4-5(2)7;1-3(5)2-4(6)7/h3,5,7H,1,4H2,2H3;2H,1H3,(H,6,7). The zero-order valence-corrected chi connectivity index (χ0v) is 9.90. The first kappa shape index (κ1) is 17.1. The molecule has 0 aliphatic heterocycles. The Balaban J connectivity index is 0. The van der Waals surface area contributed by atoms with Crippen molar-refractivity contribution in [3.8, 4) is 0 Å². The number of aliphatic carboxylic acids is 1. The molecule has 0 amide bonds. The van der Waals surface area contributed by atoms with Gasteiger partial charge >= 0.3 is 11.9 Å². The lowest BCUT2D eigenvalue weighted by Crippen LogP contribution is -2.13. The van der Waals surface area contributed by atoms with Crippen molar-refractivity contribution in [1.29, 1.82) is 0 Å². The maximum absolute atomic E-state index is 10.3. The fraction of sp³-hybridized carbons (Fsp3) is 0.400. The molecule has 0 heterocycles. The predicted octanol–water partition coefficient (Wildman–Crippen LogP) is 1.31. The average Bonchev–Trinajstić information content (AvgIpc) is 2.12. The van der Waals surface area contributed by atoms with E-state index in [0.717, 1.165) is 12.2 Å².